The first-order valence-corrected chi connectivity index (χ1v) is 14.2. The highest BCUT2D eigenvalue weighted by atomic mass is 35.5. The van der Waals surface area contributed by atoms with E-state index in [9.17, 15) is 4.79 Å². The molecule has 0 amide bonds. The minimum Gasteiger partial charge on any atom is -0.497 e. The van der Waals surface area contributed by atoms with Crippen molar-refractivity contribution in [1.82, 2.24) is 0 Å². The van der Waals surface area contributed by atoms with Crippen LogP contribution in [-0.4, -0.2) is 51.1 Å². The van der Waals surface area contributed by atoms with E-state index >= 15 is 0 Å². The maximum atomic E-state index is 12.7. The van der Waals surface area contributed by atoms with E-state index in [0.717, 1.165) is 16.8 Å². The van der Waals surface area contributed by atoms with Gasteiger partial charge in [0, 0.05) is 33.5 Å². The summed E-state index contributed by atoms with van der Waals surface area (Å²) in [5.74, 6) is 1.85. The number of anilines is 1. The van der Waals surface area contributed by atoms with E-state index in [1.807, 2.05) is 41.3 Å². The lowest BCUT2D eigenvalue weighted by atomic mass is 9.98. The molecule has 3 aromatic rings. The molecular weight excluding hydrogens is 589 g/mol. The van der Waals surface area contributed by atoms with E-state index in [1.54, 1.807) is 33.3 Å². The van der Waals surface area contributed by atoms with Crippen LogP contribution < -0.4 is 23.8 Å². The van der Waals surface area contributed by atoms with Gasteiger partial charge in [0.1, 0.15) is 41.9 Å². The molecule has 216 valence electrons. The van der Waals surface area contributed by atoms with Gasteiger partial charge in [-0.3, -0.25) is 4.79 Å². The summed E-state index contributed by atoms with van der Waals surface area (Å²) >= 11 is 19.5. The standard InChI is InChI=1S/C30H29Cl2NO7S/c1-4-37-26(34)15-25-30(41)33(16-17-5-7-19(35-2)14-24(17)36-3)22-9-6-18(31)13-21(22)28(40-25)20-8-10-23-29(27(20)32)39-12-11-38-23/h5-10,13-14,25,28H,4,11-12,15-16H2,1-3H3/t25-,28-/m1/s1. The number of nitrogens with zero attached hydrogens (tertiary/aromatic N) is 1. The molecule has 2 aliphatic heterocycles. The molecule has 0 bridgehead atoms. The molecule has 2 atom stereocenters. The molecule has 3 aromatic carbocycles. The van der Waals surface area contributed by atoms with E-state index in [0.29, 0.717) is 63.4 Å². The van der Waals surface area contributed by atoms with E-state index < -0.39 is 18.2 Å². The van der Waals surface area contributed by atoms with Crippen LogP contribution >= 0.6 is 35.4 Å². The quantitative estimate of drug-likeness (QED) is 0.206. The molecule has 0 spiro atoms. The number of ether oxygens (including phenoxy) is 6. The van der Waals surface area contributed by atoms with Gasteiger partial charge in [0.15, 0.2) is 11.5 Å². The molecular formula is C30H29Cl2NO7S. The molecule has 2 heterocycles. The SMILES string of the molecule is CCOC(=O)C[C@H]1O[C@H](c2ccc3c(c2Cl)OCCO3)c2cc(Cl)ccc2N(Cc2ccc(OC)cc2OC)C1=S. The second-order valence-corrected chi connectivity index (χ2v) is 10.5. The number of halogens is 2. The molecule has 0 aromatic heterocycles. The summed E-state index contributed by atoms with van der Waals surface area (Å²) in [7, 11) is 3.19. The van der Waals surface area contributed by atoms with Crippen LogP contribution in [0.2, 0.25) is 10.0 Å². The summed E-state index contributed by atoms with van der Waals surface area (Å²) in [5, 5.41) is 0.854. The number of thiocarbonyl (C=S) groups is 1. The minimum absolute atomic E-state index is 0.0939. The van der Waals surface area contributed by atoms with E-state index in [-0.39, 0.29) is 13.0 Å². The average molecular weight is 619 g/mol. The van der Waals surface area contributed by atoms with Crippen LogP contribution in [0.15, 0.2) is 48.5 Å². The zero-order chi connectivity index (χ0) is 29.1. The first kappa shape index (κ1) is 29.3. The van der Waals surface area contributed by atoms with E-state index in [2.05, 4.69) is 0 Å². The second-order valence-electron chi connectivity index (χ2n) is 9.31. The van der Waals surface area contributed by atoms with E-state index in [4.69, 9.17) is 63.8 Å². The summed E-state index contributed by atoms with van der Waals surface area (Å²) in [6, 6.07) is 14.7. The Morgan fingerprint density at radius 2 is 1.83 bits per heavy atom. The summed E-state index contributed by atoms with van der Waals surface area (Å²) in [6.45, 7) is 3.11. The molecule has 8 nitrogen and oxygen atoms in total. The molecule has 0 saturated carbocycles. The predicted octanol–water partition coefficient (Wildman–Crippen LogP) is 6.56. The van der Waals surface area contributed by atoms with Gasteiger partial charge < -0.3 is 33.3 Å². The van der Waals surface area contributed by atoms with Gasteiger partial charge in [-0.1, -0.05) is 41.5 Å². The topological polar surface area (TPSA) is 75.7 Å². The highest BCUT2D eigenvalue weighted by molar-refractivity contribution is 7.80. The zero-order valence-corrected chi connectivity index (χ0v) is 25.1. The highest BCUT2D eigenvalue weighted by Gasteiger charge is 2.37. The second kappa shape index (κ2) is 12.7. The fraction of sp³-hybridized carbons (Fsp3) is 0.333. The van der Waals surface area contributed by atoms with Crippen LogP contribution in [0.5, 0.6) is 23.0 Å². The maximum absolute atomic E-state index is 12.7. The summed E-state index contributed by atoms with van der Waals surface area (Å²) in [4.78, 5) is 15.1. The van der Waals surface area contributed by atoms with Gasteiger partial charge >= 0.3 is 5.97 Å². The number of carbonyl (C=O) groups is 1. The van der Waals surface area contributed by atoms with Crippen molar-refractivity contribution in [3.05, 3.63) is 75.3 Å². The number of hydrogen-bond donors (Lipinski definition) is 0. The molecule has 0 N–H and O–H groups in total. The van der Waals surface area contributed by atoms with Gasteiger partial charge in [0.2, 0.25) is 0 Å². The first-order valence-electron chi connectivity index (χ1n) is 13.0. The van der Waals surface area contributed by atoms with Crippen molar-refractivity contribution in [1.29, 1.82) is 0 Å². The Morgan fingerprint density at radius 1 is 1.02 bits per heavy atom. The Kier molecular flexibility index (Phi) is 9.09. The van der Waals surface area contributed by atoms with Gasteiger partial charge in [-0.05, 0) is 43.3 Å². The van der Waals surface area contributed by atoms with Crippen molar-refractivity contribution >= 4 is 52.1 Å². The van der Waals surface area contributed by atoms with Crippen LogP contribution in [0, 0.1) is 0 Å². The van der Waals surface area contributed by atoms with Gasteiger partial charge in [-0.2, -0.15) is 0 Å². The molecule has 0 saturated heterocycles. The van der Waals surface area contributed by atoms with Crippen LogP contribution in [-0.2, 0) is 20.8 Å². The fourth-order valence-electron chi connectivity index (χ4n) is 4.93. The van der Waals surface area contributed by atoms with Gasteiger partial charge in [0.05, 0.1) is 38.8 Å². The van der Waals surface area contributed by atoms with Crippen LogP contribution in [0.4, 0.5) is 5.69 Å². The smallest absolute Gasteiger partial charge is 0.308 e. The number of methoxy groups -OCH3 is 2. The molecule has 41 heavy (non-hydrogen) atoms. The number of carbonyl (C=O) groups excluding carboxylic acids is 1. The average Bonchev–Trinajstić information content (AvgIpc) is 3.08. The van der Waals surface area contributed by atoms with Crippen molar-refractivity contribution < 1.29 is 33.2 Å². The predicted molar refractivity (Wildman–Crippen MR) is 160 cm³/mol. The third kappa shape index (κ3) is 6.04. The van der Waals surface area contributed by atoms with Crippen molar-refractivity contribution in [2.75, 3.05) is 38.9 Å². The minimum atomic E-state index is -0.825. The Bertz CT molecular complexity index is 1470. The first-order chi connectivity index (χ1) is 19.8. The number of hydrogen-bond acceptors (Lipinski definition) is 8. The monoisotopic (exact) mass is 617 g/mol. The molecule has 2 aliphatic rings. The third-order valence-corrected chi connectivity index (χ3v) is 7.95. The summed E-state index contributed by atoms with van der Waals surface area (Å²) < 4.78 is 34.5. The molecule has 5 rings (SSSR count). The van der Waals surface area contributed by atoms with Crippen molar-refractivity contribution in [2.45, 2.75) is 32.1 Å². The van der Waals surface area contributed by atoms with Crippen LogP contribution in [0.1, 0.15) is 36.1 Å². The molecule has 0 unspecified atom stereocenters. The third-order valence-electron chi connectivity index (χ3n) is 6.85. The van der Waals surface area contributed by atoms with Gasteiger partial charge in [-0.25, -0.2) is 0 Å². The van der Waals surface area contributed by atoms with Crippen LogP contribution in [0.25, 0.3) is 0 Å². The van der Waals surface area contributed by atoms with Crippen molar-refractivity contribution in [3.63, 3.8) is 0 Å². The molecule has 0 fully saturated rings. The normalized spacial score (nSPS) is 17.9. The number of fused-ring (bicyclic) bond motifs is 2. The van der Waals surface area contributed by atoms with Crippen molar-refractivity contribution in [3.8, 4) is 23.0 Å². The lowest BCUT2D eigenvalue weighted by molar-refractivity contribution is -0.145. The Morgan fingerprint density at radius 3 is 2.59 bits per heavy atom. The molecule has 0 radical (unpaired) electrons. The number of benzene rings is 3. The Hall–Kier alpha value is -3.24. The van der Waals surface area contributed by atoms with Crippen LogP contribution in [0.3, 0.4) is 0 Å². The van der Waals surface area contributed by atoms with Crippen molar-refractivity contribution in [2.24, 2.45) is 0 Å². The fourth-order valence-corrected chi connectivity index (χ4v) is 5.72. The lowest BCUT2D eigenvalue weighted by Crippen LogP contribution is -2.39. The number of rotatable bonds is 8. The molecule has 0 aliphatic carbocycles. The summed E-state index contributed by atoms with van der Waals surface area (Å²) in [6.07, 6.45) is -1.66. The largest absolute Gasteiger partial charge is 0.497 e. The zero-order valence-electron chi connectivity index (χ0n) is 22.8. The molecule has 11 heteroatoms. The lowest BCUT2D eigenvalue weighted by Gasteiger charge is -2.28. The number of esters is 1. The van der Waals surface area contributed by atoms with Gasteiger partial charge in [-0.15, -0.1) is 0 Å². The maximum Gasteiger partial charge on any atom is 0.308 e. The van der Waals surface area contributed by atoms with Gasteiger partial charge in [0.25, 0.3) is 0 Å². The highest BCUT2D eigenvalue weighted by Crippen LogP contribution is 2.48. The van der Waals surface area contributed by atoms with E-state index in [1.165, 1.54) is 0 Å². The Labute approximate surface area is 253 Å². The Balaban J connectivity index is 1.65. The summed E-state index contributed by atoms with van der Waals surface area (Å²) in [5.41, 5.74) is 2.94.